The van der Waals surface area contributed by atoms with E-state index in [0.717, 1.165) is 45.9 Å². The van der Waals surface area contributed by atoms with E-state index in [1.54, 1.807) is 36.4 Å². The highest BCUT2D eigenvalue weighted by atomic mass is 16.6. The number of carbonyl (C=O) groups is 2. The number of hydrogen-bond donors (Lipinski definition) is 1. The van der Waals surface area contributed by atoms with Crippen LogP contribution in [0.25, 0.3) is 11.5 Å². The van der Waals surface area contributed by atoms with Gasteiger partial charge in [-0.3, -0.25) is 9.69 Å². The van der Waals surface area contributed by atoms with Crippen molar-refractivity contribution in [1.29, 1.82) is 0 Å². The number of carboxylic acids is 1. The zero-order valence-electron chi connectivity index (χ0n) is 22.1. The molecular weight excluding hydrogens is 496 g/mol. The molecule has 3 aromatic carbocycles. The summed E-state index contributed by atoms with van der Waals surface area (Å²) < 4.78 is 17.2. The zero-order valence-corrected chi connectivity index (χ0v) is 22.1. The highest BCUT2D eigenvalue weighted by Gasteiger charge is 2.20. The molecule has 0 saturated carbocycles. The molecule has 1 amide bonds. The summed E-state index contributed by atoms with van der Waals surface area (Å²) in [6.07, 6.45) is 1.70. The highest BCUT2D eigenvalue weighted by Crippen LogP contribution is 2.22. The average molecular weight is 529 g/mol. The number of ether oxygens (including phenoxy) is 2. The normalized spacial score (nSPS) is 10.7. The van der Waals surface area contributed by atoms with Gasteiger partial charge in [-0.2, -0.15) is 0 Å². The monoisotopic (exact) mass is 528 g/mol. The molecule has 1 aromatic heterocycles. The lowest BCUT2D eigenvalue weighted by molar-refractivity contribution is -0.138. The maximum absolute atomic E-state index is 12.8. The van der Waals surface area contributed by atoms with Crippen molar-refractivity contribution >= 4 is 12.1 Å². The number of nitrogens with zero attached hydrogens (tertiary/aromatic N) is 2. The Kier molecular flexibility index (Phi) is 9.34. The van der Waals surface area contributed by atoms with Crippen molar-refractivity contribution in [3.05, 3.63) is 101 Å². The highest BCUT2D eigenvalue weighted by molar-refractivity contribution is 5.78. The fourth-order valence-corrected chi connectivity index (χ4v) is 4.11. The number of carboxylic acid groups (broad SMARTS) is 1. The molecule has 8 heteroatoms. The third-order valence-electron chi connectivity index (χ3n) is 6.04. The van der Waals surface area contributed by atoms with Crippen molar-refractivity contribution in [3.8, 4) is 23.0 Å². The van der Waals surface area contributed by atoms with Crippen LogP contribution in [0.15, 0.2) is 83.3 Å². The number of benzene rings is 3. The Labute approximate surface area is 227 Å². The molecule has 0 bridgehead atoms. The smallest absolute Gasteiger partial charge is 0.416 e. The number of aromatic nitrogens is 1. The van der Waals surface area contributed by atoms with E-state index in [1.807, 2.05) is 49.4 Å². The van der Waals surface area contributed by atoms with E-state index in [-0.39, 0.29) is 6.54 Å². The topological polar surface area (TPSA) is 102 Å². The first-order valence-electron chi connectivity index (χ1n) is 12.9. The number of aliphatic carboxylic acids is 1. The average Bonchev–Trinajstić information content (AvgIpc) is 3.30. The van der Waals surface area contributed by atoms with Gasteiger partial charge in [-0.05, 0) is 60.9 Å². The van der Waals surface area contributed by atoms with Gasteiger partial charge in [-0.15, -0.1) is 0 Å². The molecule has 0 radical (unpaired) electrons. The summed E-state index contributed by atoms with van der Waals surface area (Å²) in [6.45, 7) is 3.98. The SMILES string of the molecule is CCCc1cccc(OC(=O)N(CC(=O)O)Cc2ccc(OCCc3nc(-c4ccccc4)oc3C)cc2)c1. The number of aryl methyl sites for hydroxylation is 2. The van der Waals surface area contributed by atoms with Crippen LogP contribution in [0.2, 0.25) is 0 Å². The van der Waals surface area contributed by atoms with Gasteiger partial charge in [0.15, 0.2) is 0 Å². The number of rotatable bonds is 12. The molecule has 1 N–H and O–H groups in total. The molecule has 0 atom stereocenters. The summed E-state index contributed by atoms with van der Waals surface area (Å²) >= 11 is 0. The second-order valence-electron chi connectivity index (χ2n) is 9.15. The van der Waals surface area contributed by atoms with Crippen LogP contribution in [0.3, 0.4) is 0 Å². The van der Waals surface area contributed by atoms with Crippen LogP contribution in [-0.2, 0) is 24.2 Å². The number of amides is 1. The standard InChI is InChI=1S/C31H32N2O6/c1-3-8-23-9-7-12-27(19-23)39-31(36)33(21-29(34)35)20-24-13-15-26(16-14-24)37-18-17-28-22(2)38-30(32-28)25-10-5-4-6-11-25/h4-7,9-16,19H,3,8,17-18,20-21H2,1-2H3,(H,34,35). The summed E-state index contributed by atoms with van der Waals surface area (Å²) in [4.78, 5) is 29.9. The molecule has 0 aliphatic heterocycles. The van der Waals surface area contributed by atoms with E-state index in [2.05, 4.69) is 11.9 Å². The minimum absolute atomic E-state index is 0.0838. The van der Waals surface area contributed by atoms with Crippen molar-refractivity contribution in [2.45, 2.75) is 39.7 Å². The first kappa shape index (κ1) is 27.4. The second kappa shape index (κ2) is 13.3. The molecule has 0 spiro atoms. The van der Waals surface area contributed by atoms with Crippen LogP contribution in [0.1, 0.15) is 35.9 Å². The molecule has 4 rings (SSSR count). The third-order valence-corrected chi connectivity index (χ3v) is 6.04. The Morgan fingerprint density at radius 1 is 0.923 bits per heavy atom. The Hall–Kier alpha value is -4.59. The van der Waals surface area contributed by atoms with E-state index in [0.29, 0.717) is 30.4 Å². The number of carbonyl (C=O) groups excluding carboxylic acids is 1. The van der Waals surface area contributed by atoms with Crippen molar-refractivity contribution in [2.24, 2.45) is 0 Å². The molecule has 8 nitrogen and oxygen atoms in total. The van der Waals surface area contributed by atoms with Crippen LogP contribution in [0.4, 0.5) is 4.79 Å². The van der Waals surface area contributed by atoms with Crippen molar-refractivity contribution in [2.75, 3.05) is 13.2 Å². The lowest BCUT2D eigenvalue weighted by Gasteiger charge is -2.20. The summed E-state index contributed by atoms with van der Waals surface area (Å²) in [7, 11) is 0. The van der Waals surface area contributed by atoms with Crippen LogP contribution in [-0.4, -0.2) is 40.2 Å². The summed E-state index contributed by atoms with van der Waals surface area (Å²) in [6, 6.07) is 24.2. The second-order valence-corrected chi connectivity index (χ2v) is 9.15. The summed E-state index contributed by atoms with van der Waals surface area (Å²) in [5, 5.41) is 9.33. The van der Waals surface area contributed by atoms with Gasteiger partial charge in [-0.1, -0.05) is 55.8 Å². The van der Waals surface area contributed by atoms with Gasteiger partial charge < -0.3 is 19.0 Å². The van der Waals surface area contributed by atoms with E-state index in [9.17, 15) is 14.7 Å². The van der Waals surface area contributed by atoms with E-state index < -0.39 is 18.6 Å². The van der Waals surface area contributed by atoms with E-state index in [1.165, 1.54) is 0 Å². The Balaban J connectivity index is 1.32. The van der Waals surface area contributed by atoms with Crippen molar-refractivity contribution in [3.63, 3.8) is 0 Å². The van der Waals surface area contributed by atoms with Gasteiger partial charge in [0.05, 0.1) is 12.3 Å². The van der Waals surface area contributed by atoms with E-state index in [4.69, 9.17) is 13.9 Å². The van der Waals surface area contributed by atoms with Crippen LogP contribution >= 0.6 is 0 Å². The van der Waals surface area contributed by atoms with Gasteiger partial charge >= 0.3 is 12.1 Å². The predicted octanol–water partition coefficient (Wildman–Crippen LogP) is 6.31. The number of hydrogen-bond acceptors (Lipinski definition) is 6. The van der Waals surface area contributed by atoms with Gasteiger partial charge in [0.1, 0.15) is 23.8 Å². The van der Waals surface area contributed by atoms with Crippen LogP contribution < -0.4 is 9.47 Å². The maximum atomic E-state index is 12.8. The molecule has 0 fully saturated rings. The molecule has 4 aromatic rings. The lowest BCUT2D eigenvalue weighted by Crippen LogP contribution is -2.37. The Morgan fingerprint density at radius 2 is 1.69 bits per heavy atom. The first-order chi connectivity index (χ1) is 18.9. The van der Waals surface area contributed by atoms with E-state index >= 15 is 0 Å². The molecule has 0 aliphatic carbocycles. The minimum atomic E-state index is -1.12. The third kappa shape index (κ3) is 7.95. The van der Waals surface area contributed by atoms with Gasteiger partial charge in [0, 0.05) is 18.5 Å². The fraction of sp³-hybridized carbons (Fsp3) is 0.258. The fourth-order valence-electron chi connectivity index (χ4n) is 4.11. The molecule has 39 heavy (non-hydrogen) atoms. The van der Waals surface area contributed by atoms with Crippen LogP contribution in [0, 0.1) is 6.92 Å². The maximum Gasteiger partial charge on any atom is 0.416 e. The molecular formula is C31H32N2O6. The number of oxazole rings is 1. The summed E-state index contributed by atoms with van der Waals surface area (Å²) in [5.74, 6) is 1.28. The Morgan fingerprint density at radius 3 is 2.41 bits per heavy atom. The predicted molar refractivity (Wildman–Crippen MR) is 147 cm³/mol. The first-order valence-corrected chi connectivity index (χ1v) is 12.9. The zero-order chi connectivity index (χ0) is 27.6. The molecule has 202 valence electrons. The van der Waals surface area contributed by atoms with Crippen molar-refractivity contribution in [1.82, 2.24) is 9.88 Å². The largest absolute Gasteiger partial charge is 0.493 e. The lowest BCUT2D eigenvalue weighted by atomic mass is 10.1. The molecule has 0 aliphatic rings. The summed E-state index contributed by atoms with van der Waals surface area (Å²) in [5.41, 5.74) is 3.57. The van der Waals surface area contributed by atoms with Crippen LogP contribution in [0.5, 0.6) is 11.5 Å². The molecule has 0 saturated heterocycles. The minimum Gasteiger partial charge on any atom is -0.493 e. The molecule has 1 heterocycles. The quantitative estimate of drug-likeness (QED) is 0.230. The Bertz CT molecular complexity index is 1380. The molecule has 0 unspecified atom stereocenters. The van der Waals surface area contributed by atoms with Gasteiger partial charge in [0.25, 0.3) is 0 Å². The van der Waals surface area contributed by atoms with Crippen molar-refractivity contribution < 1.29 is 28.6 Å². The van der Waals surface area contributed by atoms with Gasteiger partial charge in [-0.25, -0.2) is 9.78 Å². The van der Waals surface area contributed by atoms with Gasteiger partial charge in [0.2, 0.25) is 5.89 Å².